The second-order valence-corrected chi connectivity index (χ2v) is 5.17. The summed E-state index contributed by atoms with van der Waals surface area (Å²) in [6.07, 6.45) is 0.424. The van der Waals surface area contributed by atoms with Crippen LogP contribution in [0.2, 0.25) is 0 Å². The summed E-state index contributed by atoms with van der Waals surface area (Å²) in [6.45, 7) is 1.83. The van der Waals surface area contributed by atoms with Gasteiger partial charge in [-0.05, 0) is 35.0 Å². The normalized spacial score (nSPS) is 12.9. The van der Waals surface area contributed by atoms with Crippen molar-refractivity contribution < 1.29 is 4.79 Å². The molecule has 1 atom stereocenters. The fraction of sp³-hybridized carbons (Fsp3) is 0.375. The van der Waals surface area contributed by atoms with Gasteiger partial charge < -0.3 is 5.73 Å². The average molecular weight is 248 g/mol. The fourth-order valence-electron chi connectivity index (χ4n) is 0.857. The molecule has 66 valence electrons. The van der Waals surface area contributed by atoms with E-state index in [1.165, 1.54) is 11.3 Å². The van der Waals surface area contributed by atoms with E-state index >= 15 is 0 Å². The highest BCUT2D eigenvalue weighted by Gasteiger charge is 2.09. The van der Waals surface area contributed by atoms with Crippen LogP contribution in [0.15, 0.2) is 15.9 Å². The summed E-state index contributed by atoms with van der Waals surface area (Å²) in [5.41, 5.74) is 5.51. The molecular weight excluding hydrogens is 238 g/mol. The van der Waals surface area contributed by atoms with E-state index in [4.69, 9.17) is 5.73 Å². The molecule has 0 aromatic carbocycles. The summed E-state index contributed by atoms with van der Waals surface area (Å²) in [5, 5.41) is 0. The lowest BCUT2D eigenvalue weighted by atomic mass is 10.1. The van der Waals surface area contributed by atoms with Crippen LogP contribution in [0, 0.1) is 0 Å². The van der Waals surface area contributed by atoms with Crippen LogP contribution in [0.4, 0.5) is 0 Å². The van der Waals surface area contributed by atoms with Crippen molar-refractivity contribution in [2.45, 2.75) is 19.4 Å². The molecule has 0 aliphatic heterocycles. The molecule has 12 heavy (non-hydrogen) atoms. The third-order valence-corrected chi connectivity index (χ3v) is 3.02. The molecule has 4 heteroatoms. The molecule has 1 heterocycles. The smallest absolute Gasteiger partial charge is 0.174 e. The number of rotatable bonds is 3. The van der Waals surface area contributed by atoms with E-state index in [1.807, 2.05) is 19.1 Å². The molecule has 2 nitrogen and oxygen atoms in total. The van der Waals surface area contributed by atoms with Gasteiger partial charge >= 0.3 is 0 Å². The van der Waals surface area contributed by atoms with Gasteiger partial charge in [-0.3, -0.25) is 4.79 Å². The van der Waals surface area contributed by atoms with Gasteiger partial charge in [0.05, 0.1) is 8.66 Å². The van der Waals surface area contributed by atoms with Crippen molar-refractivity contribution in [3.05, 3.63) is 20.8 Å². The van der Waals surface area contributed by atoms with Gasteiger partial charge in [0, 0.05) is 12.5 Å². The van der Waals surface area contributed by atoms with Crippen molar-refractivity contribution >= 4 is 33.0 Å². The van der Waals surface area contributed by atoms with Crippen LogP contribution in [-0.2, 0) is 0 Å². The lowest BCUT2D eigenvalue weighted by molar-refractivity contribution is 0.0980. The van der Waals surface area contributed by atoms with Gasteiger partial charge in [-0.25, -0.2) is 0 Å². The lowest BCUT2D eigenvalue weighted by Crippen LogP contribution is -2.19. The largest absolute Gasteiger partial charge is 0.328 e. The highest BCUT2D eigenvalue weighted by Crippen LogP contribution is 2.23. The number of Topliss-reactive ketones (excluding diaryl/α,β-unsaturated/α-hetero) is 1. The van der Waals surface area contributed by atoms with Gasteiger partial charge in [-0.1, -0.05) is 0 Å². The Balaban J connectivity index is 2.65. The number of nitrogens with two attached hydrogens (primary N) is 1. The molecule has 0 amide bonds. The number of ketones is 1. The number of hydrogen-bond donors (Lipinski definition) is 1. The summed E-state index contributed by atoms with van der Waals surface area (Å²) in [5.74, 6) is 0.126. The minimum Gasteiger partial charge on any atom is -0.328 e. The molecule has 0 bridgehead atoms. The van der Waals surface area contributed by atoms with Crippen LogP contribution in [0.5, 0.6) is 0 Å². The first-order valence-corrected chi connectivity index (χ1v) is 5.24. The number of carbonyl (C=O) groups is 1. The van der Waals surface area contributed by atoms with E-state index in [0.29, 0.717) is 6.42 Å². The van der Waals surface area contributed by atoms with E-state index in [-0.39, 0.29) is 11.8 Å². The van der Waals surface area contributed by atoms with Gasteiger partial charge in [0.25, 0.3) is 0 Å². The van der Waals surface area contributed by atoms with Gasteiger partial charge in [-0.2, -0.15) is 0 Å². The second kappa shape index (κ2) is 4.16. The maximum Gasteiger partial charge on any atom is 0.174 e. The zero-order valence-electron chi connectivity index (χ0n) is 6.71. The molecule has 0 saturated heterocycles. The molecule has 0 spiro atoms. The molecule has 0 fully saturated rings. The van der Waals surface area contributed by atoms with E-state index < -0.39 is 0 Å². The number of carbonyl (C=O) groups excluding carboxylic acids is 1. The third-order valence-electron chi connectivity index (χ3n) is 1.36. The Hall–Kier alpha value is -0.190. The Bertz CT molecular complexity index is 282. The highest BCUT2D eigenvalue weighted by atomic mass is 79.9. The predicted molar refractivity (Wildman–Crippen MR) is 54.6 cm³/mol. The first-order chi connectivity index (χ1) is 5.59. The zero-order chi connectivity index (χ0) is 9.14. The summed E-state index contributed by atoms with van der Waals surface area (Å²) >= 11 is 4.75. The van der Waals surface area contributed by atoms with E-state index in [1.54, 1.807) is 0 Å². The van der Waals surface area contributed by atoms with Crippen molar-refractivity contribution in [2.24, 2.45) is 5.73 Å². The van der Waals surface area contributed by atoms with Gasteiger partial charge in [0.15, 0.2) is 5.78 Å². The Morgan fingerprint density at radius 2 is 2.42 bits per heavy atom. The van der Waals surface area contributed by atoms with Gasteiger partial charge in [-0.15, -0.1) is 11.3 Å². The summed E-state index contributed by atoms with van der Waals surface area (Å²) in [7, 11) is 0. The minimum absolute atomic E-state index is 0.0571. The Morgan fingerprint density at radius 1 is 1.75 bits per heavy atom. The van der Waals surface area contributed by atoms with Gasteiger partial charge in [0.2, 0.25) is 0 Å². The van der Waals surface area contributed by atoms with Crippen molar-refractivity contribution in [1.29, 1.82) is 0 Å². The molecule has 1 unspecified atom stereocenters. The van der Waals surface area contributed by atoms with Crippen molar-refractivity contribution in [2.75, 3.05) is 0 Å². The van der Waals surface area contributed by atoms with Crippen LogP contribution in [-0.4, -0.2) is 11.8 Å². The summed E-state index contributed by atoms with van der Waals surface area (Å²) in [6, 6.07) is 3.64. The predicted octanol–water partition coefficient (Wildman–Crippen LogP) is 2.43. The van der Waals surface area contributed by atoms with Crippen LogP contribution < -0.4 is 5.73 Å². The SMILES string of the molecule is CC(N)CC(=O)c1ccc(Br)s1. The Morgan fingerprint density at radius 3 is 2.83 bits per heavy atom. The molecule has 2 N–H and O–H groups in total. The number of halogens is 1. The third kappa shape index (κ3) is 2.69. The second-order valence-electron chi connectivity index (χ2n) is 2.71. The fourth-order valence-corrected chi connectivity index (χ4v) is 2.19. The molecule has 0 aliphatic carbocycles. The van der Waals surface area contributed by atoms with Crippen LogP contribution in [0.3, 0.4) is 0 Å². The molecule has 0 saturated carbocycles. The van der Waals surface area contributed by atoms with Crippen LogP contribution in [0.25, 0.3) is 0 Å². The molecule has 1 rings (SSSR count). The van der Waals surface area contributed by atoms with E-state index in [2.05, 4.69) is 15.9 Å². The maximum atomic E-state index is 11.4. The zero-order valence-corrected chi connectivity index (χ0v) is 9.11. The molecule has 1 aromatic heterocycles. The average Bonchev–Trinajstić information content (AvgIpc) is 2.34. The maximum absolute atomic E-state index is 11.4. The minimum atomic E-state index is -0.0571. The number of thiophene rings is 1. The lowest BCUT2D eigenvalue weighted by Gasteiger charge is -2.00. The standard InChI is InChI=1S/C8H10BrNOS/c1-5(10)4-6(11)7-2-3-8(9)12-7/h2-3,5H,4,10H2,1H3. The van der Waals surface area contributed by atoms with E-state index in [9.17, 15) is 4.79 Å². The summed E-state index contributed by atoms with van der Waals surface area (Å²) in [4.78, 5) is 12.2. The van der Waals surface area contributed by atoms with Crippen molar-refractivity contribution in [3.8, 4) is 0 Å². The molecule has 1 aromatic rings. The first kappa shape index (κ1) is 9.89. The monoisotopic (exact) mass is 247 g/mol. The quantitative estimate of drug-likeness (QED) is 0.835. The van der Waals surface area contributed by atoms with Gasteiger partial charge in [0.1, 0.15) is 0 Å². The Labute approximate surface area is 83.9 Å². The van der Waals surface area contributed by atoms with Crippen molar-refractivity contribution in [1.82, 2.24) is 0 Å². The molecule has 0 radical (unpaired) electrons. The topological polar surface area (TPSA) is 43.1 Å². The van der Waals surface area contributed by atoms with Crippen LogP contribution in [0.1, 0.15) is 23.0 Å². The molecule has 0 aliphatic rings. The Kier molecular flexibility index (Phi) is 3.43. The molecular formula is C8H10BrNOS. The van der Waals surface area contributed by atoms with Crippen LogP contribution >= 0.6 is 27.3 Å². The number of hydrogen-bond acceptors (Lipinski definition) is 3. The first-order valence-electron chi connectivity index (χ1n) is 3.63. The summed E-state index contributed by atoms with van der Waals surface area (Å²) < 4.78 is 0.982. The van der Waals surface area contributed by atoms with Crippen molar-refractivity contribution in [3.63, 3.8) is 0 Å². The van der Waals surface area contributed by atoms with E-state index in [0.717, 1.165) is 8.66 Å². The highest BCUT2D eigenvalue weighted by molar-refractivity contribution is 9.11.